The lowest BCUT2D eigenvalue weighted by molar-refractivity contribution is -0.119. The predicted octanol–water partition coefficient (Wildman–Crippen LogP) is 4.18. The van der Waals surface area contributed by atoms with Crippen LogP contribution in [-0.4, -0.2) is 29.9 Å². The van der Waals surface area contributed by atoms with Crippen molar-refractivity contribution in [3.63, 3.8) is 0 Å². The third kappa shape index (κ3) is 3.12. The molecule has 0 aromatic heterocycles. The van der Waals surface area contributed by atoms with Gasteiger partial charge in [-0.1, -0.05) is 37.1 Å². The van der Waals surface area contributed by atoms with E-state index in [1.165, 1.54) is 62.7 Å². The zero-order valence-corrected chi connectivity index (χ0v) is 15.8. The molecule has 1 aromatic rings. The molecular formula is C22H32N2O. The zero-order chi connectivity index (χ0) is 17.4. The normalized spacial score (nSPS) is 27.4. The molecule has 3 aliphatic rings. The van der Waals surface area contributed by atoms with Gasteiger partial charge in [0.05, 0.1) is 6.04 Å². The van der Waals surface area contributed by atoms with Gasteiger partial charge >= 0.3 is 0 Å². The van der Waals surface area contributed by atoms with E-state index in [2.05, 4.69) is 41.4 Å². The van der Waals surface area contributed by atoms with Gasteiger partial charge in [-0.2, -0.15) is 0 Å². The fraction of sp³-hybridized carbons (Fsp3) is 0.682. The molecule has 3 nitrogen and oxygen atoms in total. The summed E-state index contributed by atoms with van der Waals surface area (Å²) in [6.45, 7) is 6.51. The second-order valence-electron chi connectivity index (χ2n) is 8.65. The molecule has 4 rings (SSSR count). The number of hydrogen-bond acceptors (Lipinski definition) is 2. The van der Waals surface area contributed by atoms with Gasteiger partial charge in [-0.15, -0.1) is 0 Å². The lowest BCUT2D eigenvalue weighted by Crippen LogP contribution is -2.47. The van der Waals surface area contributed by atoms with E-state index >= 15 is 0 Å². The van der Waals surface area contributed by atoms with Crippen molar-refractivity contribution in [2.45, 2.75) is 76.3 Å². The van der Waals surface area contributed by atoms with E-state index in [0.29, 0.717) is 0 Å². The topological polar surface area (TPSA) is 32.3 Å². The van der Waals surface area contributed by atoms with Gasteiger partial charge in [0.15, 0.2) is 0 Å². The number of likely N-dealkylation sites (tertiary alicyclic amines) is 1. The van der Waals surface area contributed by atoms with Crippen molar-refractivity contribution < 1.29 is 4.79 Å². The maximum Gasteiger partial charge on any atom is 0.217 e. The molecule has 25 heavy (non-hydrogen) atoms. The Labute approximate surface area is 152 Å². The van der Waals surface area contributed by atoms with Crippen molar-refractivity contribution >= 4 is 5.91 Å². The summed E-state index contributed by atoms with van der Waals surface area (Å²) in [6, 6.07) is 9.76. The van der Waals surface area contributed by atoms with Crippen LogP contribution in [0, 0.1) is 5.92 Å². The summed E-state index contributed by atoms with van der Waals surface area (Å²) in [4.78, 5) is 14.4. The average Bonchev–Trinajstić information content (AvgIpc) is 3.23. The summed E-state index contributed by atoms with van der Waals surface area (Å²) in [7, 11) is 0. The Hall–Kier alpha value is -1.35. The minimum absolute atomic E-state index is 0.0872. The molecule has 0 bridgehead atoms. The minimum atomic E-state index is 0.0872. The highest BCUT2D eigenvalue weighted by Crippen LogP contribution is 2.51. The van der Waals surface area contributed by atoms with Crippen LogP contribution in [0.3, 0.4) is 0 Å². The van der Waals surface area contributed by atoms with Crippen molar-refractivity contribution in [3.05, 3.63) is 35.4 Å². The standard InChI is InChI=1S/C22H32N2O/c1-16(18-7-3-4-8-18)24-13-11-22(12-14-24)15-21(23-17(2)25)19-9-5-6-10-20(19)22/h5-6,9-10,16,18,21H,3-4,7-8,11-15H2,1-2H3,(H,23,25)/t16-,21+/m1/s1. The molecule has 1 saturated heterocycles. The number of fused-ring (bicyclic) bond motifs is 2. The van der Waals surface area contributed by atoms with E-state index in [1.54, 1.807) is 6.92 Å². The quantitative estimate of drug-likeness (QED) is 0.895. The van der Waals surface area contributed by atoms with Crippen LogP contribution >= 0.6 is 0 Å². The summed E-state index contributed by atoms with van der Waals surface area (Å²) in [5, 5.41) is 3.20. The maximum atomic E-state index is 11.6. The number of rotatable bonds is 3. The molecular weight excluding hydrogens is 308 g/mol. The largest absolute Gasteiger partial charge is 0.349 e. The van der Waals surface area contributed by atoms with Crippen molar-refractivity contribution in [1.82, 2.24) is 10.2 Å². The van der Waals surface area contributed by atoms with Crippen LogP contribution in [0.2, 0.25) is 0 Å². The van der Waals surface area contributed by atoms with Gasteiger partial charge in [-0.3, -0.25) is 4.79 Å². The van der Waals surface area contributed by atoms with Gasteiger partial charge in [0, 0.05) is 18.4 Å². The third-order valence-electron chi connectivity index (χ3n) is 7.29. The molecule has 3 heteroatoms. The molecule has 1 heterocycles. The number of amides is 1. The summed E-state index contributed by atoms with van der Waals surface area (Å²) >= 11 is 0. The maximum absolute atomic E-state index is 11.6. The van der Waals surface area contributed by atoms with Gasteiger partial charge in [-0.25, -0.2) is 0 Å². The zero-order valence-electron chi connectivity index (χ0n) is 15.8. The number of carbonyl (C=O) groups is 1. The number of carbonyl (C=O) groups excluding carboxylic acids is 1. The molecule has 2 atom stereocenters. The van der Waals surface area contributed by atoms with Crippen molar-refractivity contribution in [1.29, 1.82) is 0 Å². The van der Waals surface area contributed by atoms with E-state index in [4.69, 9.17) is 0 Å². The first kappa shape index (κ1) is 17.1. The lowest BCUT2D eigenvalue weighted by Gasteiger charge is -2.44. The first-order valence-corrected chi connectivity index (χ1v) is 10.2. The Morgan fingerprint density at radius 3 is 2.56 bits per heavy atom. The molecule has 1 amide bonds. The number of nitrogens with zero attached hydrogens (tertiary/aromatic N) is 1. The van der Waals surface area contributed by atoms with Crippen LogP contribution in [0.15, 0.2) is 24.3 Å². The second-order valence-corrected chi connectivity index (χ2v) is 8.65. The summed E-state index contributed by atoms with van der Waals surface area (Å²) in [5.74, 6) is 1.00. The monoisotopic (exact) mass is 340 g/mol. The highest BCUT2D eigenvalue weighted by atomic mass is 16.1. The molecule has 1 N–H and O–H groups in total. The Balaban J connectivity index is 1.49. The third-order valence-corrected chi connectivity index (χ3v) is 7.29. The van der Waals surface area contributed by atoms with E-state index in [0.717, 1.165) is 18.4 Å². The number of benzene rings is 1. The smallest absolute Gasteiger partial charge is 0.217 e. The average molecular weight is 341 g/mol. The first-order valence-electron chi connectivity index (χ1n) is 10.2. The molecule has 0 unspecified atom stereocenters. The number of piperidine rings is 1. The van der Waals surface area contributed by atoms with E-state index < -0.39 is 0 Å². The highest BCUT2D eigenvalue weighted by molar-refractivity contribution is 5.73. The highest BCUT2D eigenvalue weighted by Gasteiger charge is 2.46. The summed E-state index contributed by atoms with van der Waals surface area (Å²) in [5.41, 5.74) is 3.13. The molecule has 1 saturated carbocycles. The van der Waals surface area contributed by atoms with Crippen molar-refractivity contribution in [2.75, 3.05) is 13.1 Å². The van der Waals surface area contributed by atoms with E-state index in [9.17, 15) is 4.79 Å². The van der Waals surface area contributed by atoms with Gasteiger partial charge in [-0.05, 0) is 69.2 Å². The summed E-state index contributed by atoms with van der Waals surface area (Å²) in [6.07, 6.45) is 9.26. The second kappa shape index (κ2) is 6.75. The summed E-state index contributed by atoms with van der Waals surface area (Å²) < 4.78 is 0. The van der Waals surface area contributed by atoms with E-state index in [-0.39, 0.29) is 17.4 Å². The number of nitrogens with one attached hydrogen (secondary N) is 1. The molecule has 2 fully saturated rings. The molecule has 1 aromatic carbocycles. The number of hydrogen-bond donors (Lipinski definition) is 1. The molecule has 1 spiro atoms. The Morgan fingerprint density at radius 2 is 1.88 bits per heavy atom. The van der Waals surface area contributed by atoms with Crippen LogP contribution in [0.4, 0.5) is 0 Å². The van der Waals surface area contributed by atoms with Crippen molar-refractivity contribution in [2.24, 2.45) is 5.92 Å². The van der Waals surface area contributed by atoms with Crippen LogP contribution in [-0.2, 0) is 10.2 Å². The van der Waals surface area contributed by atoms with Gasteiger partial charge in [0.1, 0.15) is 0 Å². The van der Waals surface area contributed by atoms with Crippen LogP contribution in [0.5, 0.6) is 0 Å². The van der Waals surface area contributed by atoms with Gasteiger partial charge in [0.2, 0.25) is 5.91 Å². The Kier molecular flexibility index (Phi) is 4.61. The van der Waals surface area contributed by atoms with Crippen LogP contribution < -0.4 is 5.32 Å². The minimum Gasteiger partial charge on any atom is -0.349 e. The van der Waals surface area contributed by atoms with Crippen LogP contribution in [0.25, 0.3) is 0 Å². The van der Waals surface area contributed by atoms with E-state index in [1.807, 2.05) is 0 Å². The fourth-order valence-corrected chi connectivity index (χ4v) is 5.84. The SMILES string of the molecule is CC(=O)N[C@H]1CC2(CCN([C@H](C)C3CCCC3)CC2)c2ccccc21. The molecule has 136 valence electrons. The Bertz CT molecular complexity index is 627. The predicted molar refractivity (Wildman–Crippen MR) is 102 cm³/mol. The molecule has 0 radical (unpaired) electrons. The Morgan fingerprint density at radius 1 is 1.20 bits per heavy atom. The first-order chi connectivity index (χ1) is 12.1. The van der Waals surface area contributed by atoms with Gasteiger partial charge < -0.3 is 10.2 Å². The van der Waals surface area contributed by atoms with Crippen LogP contribution in [0.1, 0.15) is 76.0 Å². The van der Waals surface area contributed by atoms with Crippen molar-refractivity contribution in [3.8, 4) is 0 Å². The van der Waals surface area contributed by atoms with Gasteiger partial charge in [0.25, 0.3) is 0 Å². The lowest BCUT2D eigenvalue weighted by atomic mass is 9.73. The fourth-order valence-electron chi connectivity index (χ4n) is 5.84. The molecule has 1 aliphatic heterocycles. The molecule has 2 aliphatic carbocycles.